The molecule has 1 saturated heterocycles. The smallest absolute Gasteiger partial charge is 0.252 e. The molecule has 2 aromatic carbocycles. The maximum absolute atomic E-state index is 13.0. The van der Waals surface area contributed by atoms with E-state index in [1.807, 2.05) is 44.2 Å². The summed E-state index contributed by atoms with van der Waals surface area (Å²) in [6.45, 7) is 7.86. The molecule has 1 atom stereocenters. The van der Waals surface area contributed by atoms with E-state index in [4.69, 9.17) is 0 Å². The van der Waals surface area contributed by atoms with E-state index in [0.29, 0.717) is 11.1 Å². The molecule has 2 amide bonds. The molecule has 1 aliphatic rings. The van der Waals surface area contributed by atoms with Crippen molar-refractivity contribution in [1.82, 2.24) is 15.5 Å². The van der Waals surface area contributed by atoms with E-state index in [0.717, 1.165) is 43.0 Å². The summed E-state index contributed by atoms with van der Waals surface area (Å²) in [6, 6.07) is 13.2. The maximum atomic E-state index is 13.0. The van der Waals surface area contributed by atoms with Crippen LogP contribution < -0.4 is 15.5 Å². The number of amides is 2. The zero-order valence-electron chi connectivity index (χ0n) is 17.7. The first kappa shape index (κ1) is 20.9. The fourth-order valence-corrected chi connectivity index (χ4v) is 3.57. The van der Waals surface area contributed by atoms with E-state index < -0.39 is 0 Å². The van der Waals surface area contributed by atoms with Crippen LogP contribution >= 0.6 is 0 Å². The molecule has 1 heterocycles. The van der Waals surface area contributed by atoms with Crippen LogP contribution in [0.3, 0.4) is 0 Å². The number of carbonyl (C=O) groups excluding carboxylic acids is 2. The standard InChI is InChI=1S/C23H30N4O2/c1-16-8-9-20(27-12-10-26(4)11-13-27)15-21(16)23(29)25-17(2)18-6-5-7-19(14-18)22(28)24-3/h5-9,14-15,17H,10-13H2,1-4H3,(H,24,28)(H,25,29)/t17-/m1/s1. The predicted octanol–water partition coefficient (Wildman–Crippen LogP) is 2.60. The van der Waals surface area contributed by atoms with Gasteiger partial charge >= 0.3 is 0 Å². The van der Waals surface area contributed by atoms with Gasteiger partial charge in [-0.2, -0.15) is 0 Å². The second-order valence-corrected chi connectivity index (χ2v) is 7.69. The van der Waals surface area contributed by atoms with Gasteiger partial charge < -0.3 is 20.4 Å². The SMILES string of the molecule is CNC(=O)c1cccc([C@@H](C)NC(=O)c2cc(N3CCN(C)CC3)ccc2C)c1. The van der Waals surface area contributed by atoms with Crippen LogP contribution in [0.15, 0.2) is 42.5 Å². The normalized spacial score (nSPS) is 15.7. The Kier molecular flexibility index (Phi) is 6.54. The Labute approximate surface area is 172 Å². The van der Waals surface area contributed by atoms with Gasteiger partial charge in [0.1, 0.15) is 0 Å². The van der Waals surface area contributed by atoms with E-state index in [1.54, 1.807) is 13.1 Å². The van der Waals surface area contributed by atoms with Gasteiger partial charge in [-0.1, -0.05) is 18.2 Å². The van der Waals surface area contributed by atoms with Crippen molar-refractivity contribution in [2.24, 2.45) is 0 Å². The van der Waals surface area contributed by atoms with Crippen LogP contribution in [0.25, 0.3) is 0 Å². The Bertz CT molecular complexity index is 888. The molecule has 0 aromatic heterocycles. The Morgan fingerprint density at radius 1 is 1.00 bits per heavy atom. The first-order valence-corrected chi connectivity index (χ1v) is 10.1. The van der Waals surface area contributed by atoms with E-state index >= 15 is 0 Å². The summed E-state index contributed by atoms with van der Waals surface area (Å²) in [6.07, 6.45) is 0. The van der Waals surface area contributed by atoms with Crippen molar-refractivity contribution in [1.29, 1.82) is 0 Å². The van der Waals surface area contributed by atoms with E-state index in [9.17, 15) is 9.59 Å². The van der Waals surface area contributed by atoms with Gasteiger partial charge in [-0.05, 0) is 56.3 Å². The first-order chi connectivity index (χ1) is 13.9. The van der Waals surface area contributed by atoms with Crippen molar-refractivity contribution >= 4 is 17.5 Å². The third-order valence-corrected chi connectivity index (χ3v) is 5.56. The van der Waals surface area contributed by atoms with Gasteiger partial charge in [-0.15, -0.1) is 0 Å². The molecule has 0 bridgehead atoms. The number of carbonyl (C=O) groups is 2. The van der Waals surface area contributed by atoms with Gasteiger partial charge in [0.05, 0.1) is 6.04 Å². The number of piperazine rings is 1. The van der Waals surface area contributed by atoms with Gasteiger partial charge in [0.25, 0.3) is 11.8 Å². The van der Waals surface area contributed by atoms with Crippen LogP contribution in [-0.4, -0.2) is 57.0 Å². The van der Waals surface area contributed by atoms with Gasteiger partial charge in [0, 0.05) is 50.0 Å². The number of hydrogen-bond donors (Lipinski definition) is 2. The second kappa shape index (κ2) is 9.09. The molecule has 0 aliphatic carbocycles. The lowest BCUT2D eigenvalue weighted by atomic mass is 10.0. The van der Waals surface area contributed by atoms with Crippen LogP contribution in [0.1, 0.15) is 44.8 Å². The molecule has 0 radical (unpaired) electrons. The van der Waals surface area contributed by atoms with Crippen molar-refractivity contribution in [3.05, 3.63) is 64.7 Å². The highest BCUT2D eigenvalue weighted by Gasteiger charge is 2.18. The summed E-state index contributed by atoms with van der Waals surface area (Å²) in [5.74, 6) is -0.238. The zero-order valence-corrected chi connectivity index (χ0v) is 17.7. The Morgan fingerprint density at radius 3 is 2.41 bits per heavy atom. The minimum Gasteiger partial charge on any atom is -0.369 e. The monoisotopic (exact) mass is 394 g/mol. The number of hydrogen-bond acceptors (Lipinski definition) is 4. The average Bonchev–Trinajstić information content (AvgIpc) is 2.74. The number of rotatable bonds is 5. The maximum Gasteiger partial charge on any atom is 0.252 e. The molecular weight excluding hydrogens is 364 g/mol. The van der Waals surface area contributed by atoms with E-state index in [-0.39, 0.29) is 17.9 Å². The Balaban J connectivity index is 1.75. The highest BCUT2D eigenvalue weighted by molar-refractivity contribution is 5.97. The van der Waals surface area contributed by atoms with Crippen LogP contribution in [-0.2, 0) is 0 Å². The van der Waals surface area contributed by atoms with Crippen LogP contribution in [0.5, 0.6) is 0 Å². The first-order valence-electron chi connectivity index (χ1n) is 10.1. The van der Waals surface area contributed by atoms with Crippen LogP contribution in [0, 0.1) is 6.92 Å². The van der Waals surface area contributed by atoms with Crippen molar-refractivity contribution in [2.75, 3.05) is 45.2 Å². The number of benzene rings is 2. The number of aryl methyl sites for hydroxylation is 1. The molecule has 1 fully saturated rings. The molecule has 154 valence electrons. The second-order valence-electron chi connectivity index (χ2n) is 7.69. The molecule has 0 unspecified atom stereocenters. The molecule has 6 heteroatoms. The minimum absolute atomic E-state index is 0.101. The molecular formula is C23H30N4O2. The molecule has 0 saturated carbocycles. The minimum atomic E-state index is -0.209. The van der Waals surface area contributed by atoms with Gasteiger partial charge in [0.2, 0.25) is 0 Å². The van der Waals surface area contributed by atoms with E-state index in [2.05, 4.69) is 33.5 Å². The molecule has 0 spiro atoms. The average molecular weight is 395 g/mol. The lowest BCUT2D eigenvalue weighted by molar-refractivity contribution is 0.0938. The molecule has 2 aromatic rings. The summed E-state index contributed by atoms with van der Waals surface area (Å²) >= 11 is 0. The van der Waals surface area contributed by atoms with Crippen LogP contribution in [0.4, 0.5) is 5.69 Å². The zero-order chi connectivity index (χ0) is 21.0. The fourth-order valence-electron chi connectivity index (χ4n) is 3.57. The molecule has 29 heavy (non-hydrogen) atoms. The quantitative estimate of drug-likeness (QED) is 0.818. The summed E-state index contributed by atoms with van der Waals surface area (Å²) in [4.78, 5) is 29.5. The number of nitrogens with one attached hydrogen (secondary N) is 2. The van der Waals surface area contributed by atoms with Crippen molar-refractivity contribution in [3.63, 3.8) is 0 Å². The van der Waals surface area contributed by atoms with Crippen molar-refractivity contribution in [2.45, 2.75) is 19.9 Å². The Hall–Kier alpha value is -2.86. The third-order valence-electron chi connectivity index (χ3n) is 5.56. The number of anilines is 1. The van der Waals surface area contributed by atoms with Gasteiger partial charge in [-0.3, -0.25) is 9.59 Å². The number of nitrogens with zero attached hydrogens (tertiary/aromatic N) is 2. The van der Waals surface area contributed by atoms with Gasteiger partial charge in [0.15, 0.2) is 0 Å². The fraction of sp³-hybridized carbons (Fsp3) is 0.391. The molecule has 2 N–H and O–H groups in total. The summed E-state index contributed by atoms with van der Waals surface area (Å²) < 4.78 is 0. The largest absolute Gasteiger partial charge is 0.369 e. The Morgan fingerprint density at radius 2 is 1.72 bits per heavy atom. The number of likely N-dealkylation sites (N-methyl/N-ethyl adjacent to an activating group) is 1. The lowest BCUT2D eigenvalue weighted by Crippen LogP contribution is -2.44. The summed E-state index contributed by atoms with van der Waals surface area (Å²) in [5.41, 5.74) is 4.21. The predicted molar refractivity (Wildman–Crippen MR) is 117 cm³/mol. The van der Waals surface area contributed by atoms with Gasteiger partial charge in [-0.25, -0.2) is 0 Å². The van der Waals surface area contributed by atoms with E-state index in [1.165, 1.54) is 0 Å². The highest BCUT2D eigenvalue weighted by atomic mass is 16.2. The lowest BCUT2D eigenvalue weighted by Gasteiger charge is -2.34. The molecule has 6 nitrogen and oxygen atoms in total. The summed E-state index contributed by atoms with van der Waals surface area (Å²) in [7, 11) is 3.74. The molecule has 3 rings (SSSR count). The van der Waals surface area contributed by atoms with Crippen LogP contribution in [0.2, 0.25) is 0 Å². The summed E-state index contributed by atoms with van der Waals surface area (Å²) in [5, 5.41) is 5.70. The van der Waals surface area contributed by atoms with Crippen molar-refractivity contribution in [3.8, 4) is 0 Å². The molecule has 1 aliphatic heterocycles. The third kappa shape index (κ3) is 4.95. The van der Waals surface area contributed by atoms with Crippen molar-refractivity contribution < 1.29 is 9.59 Å². The topological polar surface area (TPSA) is 64.7 Å². The highest BCUT2D eigenvalue weighted by Crippen LogP contribution is 2.22.